The summed E-state index contributed by atoms with van der Waals surface area (Å²) in [6, 6.07) is 9.63. The number of hydrogen-bond donors (Lipinski definition) is 2. The lowest BCUT2D eigenvalue weighted by molar-refractivity contribution is -0.141. The zero-order chi connectivity index (χ0) is 25.8. The lowest BCUT2D eigenvalue weighted by atomic mass is 9.65. The number of anilines is 1. The molecule has 37 heavy (non-hydrogen) atoms. The number of fused-ring (bicyclic) bond motifs is 3. The van der Waals surface area contributed by atoms with Gasteiger partial charge >= 0.3 is 5.97 Å². The number of halogens is 2. The molecule has 0 amide bonds. The van der Waals surface area contributed by atoms with Gasteiger partial charge in [-0.2, -0.15) is 0 Å². The molecule has 8 nitrogen and oxygen atoms in total. The molecule has 1 aliphatic carbocycles. The number of carbonyl (C=O) groups excluding carboxylic acids is 1. The van der Waals surface area contributed by atoms with Gasteiger partial charge in [-0.1, -0.05) is 0 Å². The topological polar surface area (TPSA) is 95.5 Å². The number of phenols is 1. The van der Waals surface area contributed by atoms with Gasteiger partial charge in [-0.15, -0.1) is 0 Å². The highest BCUT2D eigenvalue weighted by Crippen LogP contribution is 2.56. The van der Waals surface area contributed by atoms with E-state index >= 15 is 0 Å². The van der Waals surface area contributed by atoms with Crippen molar-refractivity contribution in [3.63, 3.8) is 0 Å². The Labute approximate surface area is 210 Å². The summed E-state index contributed by atoms with van der Waals surface area (Å²) in [5.74, 6) is -2.14. The third kappa shape index (κ3) is 3.75. The van der Waals surface area contributed by atoms with E-state index in [2.05, 4.69) is 5.32 Å². The van der Waals surface area contributed by atoms with E-state index in [1.165, 1.54) is 26.4 Å². The first kappa shape index (κ1) is 23.2. The van der Waals surface area contributed by atoms with Crippen molar-refractivity contribution < 1.29 is 42.4 Å². The van der Waals surface area contributed by atoms with Crippen molar-refractivity contribution in [2.24, 2.45) is 11.8 Å². The van der Waals surface area contributed by atoms with Gasteiger partial charge in [0.25, 0.3) is 0 Å². The van der Waals surface area contributed by atoms with Crippen LogP contribution in [0, 0.1) is 23.5 Å². The normalized spacial score (nSPS) is 23.2. The summed E-state index contributed by atoms with van der Waals surface area (Å²) in [5, 5.41) is 13.7. The molecule has 2 heterocycles. The van der Waals surface area contributed by atoms with Gasteiger partial charge in [-0.3, -0.25) is 4.79 Å². The highest BCUT2D eigenvalue weighted by molar-refractivity contribution is 5.79. The van der Waals surface area contributed by atoms with Crippen LogP contribution in [-0.2, 0) is 9.53 Å². The fourth-order valence-corrected chi connectivity index (χ4v) is 5.66. The van der Waals surface area contributed by atoms with E-state index in [0.29, 0.717) is 17.1 Å². The Hall–Kier alpha value is -4.21. The predicted octanol–water partition coefficient (Wildman–Crippen LogP) is 4.50. The number of ether oxygens (including phenoxy) is 5. The molecule has 2 aliphatic heterocycles. The molecule has 3 aliphatic rings. The summed E-state index contributed by atoms with van der Waals surface area (Å²) >= 11 is 0. The number of benzene rings is 3. The Morgan fingerprint density at radius 3 is 2.14 bits per heavy atom. The Morgan fingerprint density at radius 2 is 1.51 bits per heavy atom. The largest absolute Gasteiger partial charge is 0.502 e. The Morgan fingerprint density at radius 1 is 0.892 bits per heavy atom. The number of hydrogen-bond acceptors (Lipinski definition) is 8. The van der Waals surface area contributed by atoms with E-state index in [1.54, 1.807) is 12.1 Å². The molecular weight excluding hydrogens is 488 g/mol. The van der Waals surface area contributed by atoms with Crippen LogP contribution in [0.25, 0.3) is 0 Å². The summed E-state index contributed by atoms with van der Waals surface area (Å²) in [6.45, 7) is 0.154. The number of aromatic hydroxyl groups is 1. The van der Waals surface area contributed by atoms with Crippen LogP contribution >= 0.6 is 0 Å². The molecule has 0 saturated carbocycles. The van der Waals surface area contributed by atoms with Crippen molar-refractivity contribution >= 4 is 11.7 Å². The van der Waals surface area contributed by atoms with E-state index in [-0.39, 0.29) is 42.3 Å². The molecule has 10 heteroatoms. The second kappa shape index (κ2) is 8.72. The average Bonchev–Trinajstić information content (AvgIpc) is 3.49. The lowest BCUT2D eigenvalue weighted by Gasteiger charge is -2.40. The number of carbonyl (C=O) groups is 1. The molecule has 1 fully saturated rings. The maximum Gasteiger partial charge on any atom is 0.310 e. The number of esters is 1. The molecule has 0 unspecified atom stereocenters. The van der Waals surface area contributed by atoms with Gasteiger partial charge in [0.2, 0.25) is 12.5 Å². The van der Waals surface area contributed by atoms with Crippen LogP contribution in [0.4, 0.5) is 14.5 Å². The quantitative estimate of drug-likeness (QED) is 0.484. The van der Waals surface area contributed by atoms with Crippen LogP contribution in [0.2, 0.25) is 0 Å². The zero-order valence-corrected chi connectivity index (χ0v) is 19.9. The maximum atomic E-state index is 14.0. The standard InChI is InChI=1S/C27H23F2NO7/c1-33-21-3-12(4-22(34-2)26(21)31)23-16-8-19-20(37-11-36-19)9-17(16)25(18-10-35-27(32)24(18)23)30-15-6-13(28)5-14(29)7-15/h3-9,18,23-25,30-31H,10-11H2,1-2H3/t18-,23+,24-,25+/m0/s1. The highest BCUT2D eigenvalue weighted by atomic mass is 19.1. The molecule has 1 saturated heterocycles. The summed E-state index contributed by atoms with van der Waals surface area (Å²) in [4.78, 5) is 13.2. The van der Waals surface area contributed by atoms with E-state index in [1.807, 2.05) is 12.1 Å². The van der Waals surface area contributed by atoms with Crippen molar-refractivity contribution in [3.8, 4) is 28.7 Å². The van der Waals surface area contributed by atoms with Crippen LogP contribution in [0.5, 0.6) is 28.7 Å². The molecule has 4 atom stereocenters. The Bertz CT molecular complexity index is 1370. The minimum Gasteiger partial charge on any atom is -0.502 e. The molecule has 0 spiro atoms. The first-order chi connectivity index (χ1) is 17.9. The number of nitrogens with one attached hydrogen (secondary N) is 1. The molecule has 0 radical (unpaired) electrons. The minimum absolute atomic E-state index is 0.0475. The van der Waals surface area contributed by atoms with Crippen LogP contribution in [0.1, 0.15) is 28.7 Å². The minimum atomic E-state index is -0.722. The molecule has 3 aromatic carbocycles. The number of methoxy groups -OCH3 is 2. The van der Waals surface area contributed by atoms with Gasteiger partial charge < -0.3 is 34.1 Å². The second-order valence-electron chi connectivity index (χ2n) is 9.19. The van der Waals surface area contributed by atoms with Gasteiger partial charge in [0.1, 0.15) is 11.6 Å². The highest BCUT2D eigenvalue weighted by Gasteiger charge is 2.52. The van der Waals surface area contributed by atoms with Crippen LogP contribution < -0.4 is 24.3 Å². The molecule has 3 aromatic rings. The smallest absolute Gasteiger partial charge is 0.310 e. The van der Waals surface area contributed by atoms with Gasteiger partial charge in [0.05, 0.1) is 32.8 Å². The molecule has 0 bridgehead atoms. The summed E-state index contributed by atoms with van der Waals surface area (Å²) in [7, 11) is 2.85. The third-order valence-corrected chi connectivity index (χ3v) is 7.23. The fraction of sp³-hybridized carbons (Fsp3) is 0.296. The van der Waals surface area contributed by atoms with Crippen LogP contribution in [0.15, 0.2) is 42.5 Å². The summed E-state index contributed by atoms with van der Waals surface area (Å²) in [6.07, 6.45) is 0. The van der Waals surface area contributed by atoms with Gasteiger partial charge in [-0.05, 0) is 53.1 Å². The second-order valence-corrected chi connectivity index (χ2v) is 9.19. The van der Waals surface area contributed by atoms with Crippen molar-refractivity contribution in [2.45, 2.75) is 12.0 Å². The van der Waals surface area contributed by atoms with Crippen LogP contribution in [0.3, 0.4) is 0 Å². The molecule has 6 rings (SSSR count). The average molecular weight is 511 g/mol. The monoisotopic (exact) mass is 511 g/mol. The van der Waals surface area contributed by atoms with Crippen LogP contribution in [-0.4, -0.2) is 38.7 Å². The van der Waals surface area contributed by atoms with Crippen molar-refractivity contribution in [2.75, 3.05) is 32.9 Å². The first-order valence-corrected chi connectivity index (χ1v) is 11.7. The number of rotatable bonds is 5. The van der Waals surface area contributed by atoms with E-state index in [4.69, 9.17) is 23.7 Å². The fourth-order valence-electron chi connectivity index (χ4n) is 5.66. The molecule has 0 aromatic heterocycles. The van der Waals surface area contributed by atoms with E-state index in [0.717, 1.165) is 17.2 Å². The molecular formula is C27H23F2NO7. The summed E-state index contributed by atoms with van der Waals surface area (Å²) < 4.78 is 55.5. The van der Waals surface area contributed by atoms with E-state index < -0.39 is 35.5 Å². The SMILES string of the molecule is COc1cc([C@@H]2c3cc4c(cc3[C@@H](Nc3cc(F)cc(F)c3)[C@H]3COC(=O)[C@H]23)OCO4)cc(OC)c1O. The summed E-state index contributed by atoms with van der Waals surface area (Å²) in [5.41, 5.74) is 2.41. The Balaban J connectivity index is 1.55. The number of phenolic OH excluding ortho intramolecular Hbond substituents is 1. The zero-order valence-electron chi connectivity index (χ0n) is 19.9. The van der Waals surface area contributed by atoms with Crippen molar-refractivity contribution in [3.05, 3.63) is 70.8 Å². The number of cyclic esters (lactones) is 1. The molecule has 192 valence electrons. The Kier molecular flexibility index (Phi) is 5.47. The lowest BCUT2D eigenvalue weighted by Crippen LogP contribution is -2.37. The van der Waals surface area contributed by atoms with Crippen molar-refractivity contribution in [1.82, 2.24) is 0 Å². The van der Waals surface area contributed by atoms with Crippen molar-refractivity contribution in [1.29, 1.82) is 0 Å². The maximum absolute atomic E-state index is 14.0. The van der Waals surface area contributed by atoms with Gasteiger partial charge in [0, 0.05) is 23.6 Å². The van der Waals surface area contributed by atoms with Gasteiger partial charge in [0.15, 0.2) is 23.0 Å². The third-order valence-electron chi connectivity index (χ3n) is 7.23. The van der Waals surface area contributed by atoms with Gasteiger partial charge in [-0.25, -0.2) is 8.78 Å². The predicted molar refractivity (Wildman–Crippen MR) is 126 cm³/mol. The van der Waals surface area contributed by atoms with E-state index in [9.17, 15) is 18.7 Å². The first-order valence-electron chi connectivity index (χ1n) is 11.7. The molecule has 2 N–H and O–H groups in total.